The fraction of sp³-hybridized carbons (Fsp3) is 0.538. The van der Waals surface area contributed by atoms with E-state index in [1.165, 1.54) is 0 Å². The summed E-state index contributed by atoms with van der Waals surface area (Å²) in [6, 6.07) is 7.22. The first-order chi connectivity index (χ1) is 7.34. The first-order valence-electron chi connectivity index (χ1n) is 5.65. The van der Waals surface area contributed by atoms with Crippen molar-refractivity contribution in [3.8, 4) is 0 Å². The number of hydrogen-bond donors (Lipinski definition) is 0. The van der Waals surface area contributed by atoms with Crippen molar-refractivity contribution in [1.29, 1.82) is 0 Å². The SMILES string of the molecule is Cc1ccc(S(=O)(=O)C23CC2C3(C)C)cc1. The van der Waals surface area contributed by atoms with Crippen molar-refractivity contribution in [3.63, 3.8) is 0 Å². The Balaban J connectivity index is 2.05. The molecule has 0 saturated heterocycles. The molecular formula is C13H16O2S. The topological polar surface area (TPSA) is 34.1 Å². The van der Waals surface area contributed by atoms with Crippen LogP contribution in [0.3, 0.4) is 0 Å². The number of aryl methyl sites for hydroxylation is 1. The molecule has 2 fully saturated rings. The van der Waals surface area contributed by atoms with Gasteiger partial charge in [0.05, 0.1) is 9.64 Å². The van der Waals surface area contributed by atoms with Crippen LogP contribution in [0.15, 0.2) is 29.2 Å². The molecule has 16 heavy (non-hydrogen) atoms. The molecule has 1 aromatic rings. The molecule has 3 heteroatoms. The van der Waals surface area contributed by atoms with E-state index in [4.69, 9.17) is 0 Å². The maximum absolute atomic E-state index is 12.5. The molecule has 0 N–H and O–H groups in total. The molecule has 1 aromatic carbocycles. The molecule has 3 rings (SSSR count). The maximum Gasteiger partial charge on any atom is 0.184 e. The first-order valence-corrected chi connectivity index (χ1v) is 7.14. The van der Waals surface area contributed by atoms with Crippen LogP contribution < -0.4 is 0 Å². The van der Waals surface area contributed by atoms with Gasteiger partial charge in [-0.2, -0.15) is 0 Å². The minimum absolute atomic E-state index is 0.00325. The van der Waals surface area contributed by atoms with Gasteiger partial charge in [0.25, 0.3) is 0 Å². The highest BCUT2D eigenvalue weighted by molar-refractivity contribution is 7.93. The van der Waals surface area contributed by atoms with E-state index >= 15 is 0 Å². The zero-order chi connectivity index (χ0) is 11.8. The Kier molecular flexibility index (Phi) is 1.63. The summed E-state index contributed by atoms with van der Waals surface area (Å²) in [4.78, 5) is 0.492. The van der Waals surface area contributed by atoms with Gasteiger partial charge in [-0.15, -0.1) is 0 Å². The second-order valence-corrected chi connectivity index (χ2v) is 7.89. The van der Waals surface area contributed by atoms with Gasteiger partial charge in [-0.1, -0.05) is 31.5 Å². The Hall–Kier alpha value is -0.830. The number of rotatable bonds is 2. The summed E-state index contributed by atoms with van der Waals surface area (Å²) in [6.45, 7) is 6.09. The number of fused-ring (bicyclic) bond motifs is 1. The molecule has 2 nitrogen and oxygen atoms in total. The van der Waals surface area contributed by atoms with Crippen LogP contribution in [-0.2, 0) is 9.84 Å². The molecule has 2 saturated carbocycles. The maximum atomic E-state index is 12.5. The van der Waals surface area contributed by atoms with Crippen molar-refractivity contribution < 1.29 is 8.42 Å². The van der Waals surface area contributed by atoms with Crippen LogP contribution in [0.5, 0.6) is 0 Å². The molecule has 2 unspecified atom stereocenters. The fourth-order valence-corrected chi connectivity index (χ4v) is 5.87. The van der Waals surface area contributed by atoms with Crippen LogP contribution in [0.25, 0.3) is 0 Å². The molecule has 86 valence electrons. The van der Waals surface area contributed by atoms with E-state index in [2.05, 4.69) is 13.8 Å². The monoisotopic (exact) mass is 236 g/mol. The van der Waals surface area contributed by atoms with Crippen molar-refractivity contribution in [2.45, 2.75) is 36.8 Å². The van der Waals surface area contributed by atoms with Crippen LogP contribution in [0.2, 0.25) is 0 Å². The standard InChI is InChI=1S/C13H16O2S/c1-9-4-6-10(7-5-9)16(14,15)13-8-11(13)12(13,2)3/h4-7,11H,8H2,1-3H3. The van der Waals surface area contributed by atoms with Crippen molar-refractivity contribution in [2.24, 2.45) is 11.3 Å². The molecule has 0 spiro atoms. The lowest BCUT2D eigenvalue weighted by Gasteiger charge is -2.17. The predicted molar refractivity (Wildman–Crippen MR) is 63.0 cm³/mol. The third kappa shape index (κ3) is 0.915. The van der Waals surface area contributed by atoms with E-state index in [-0.39, 0.29) is 5.41 Å². The van der Waals surface area contributed by atoms with Gasteiger partial charge in [0.1, 0.15) is 0 Å². The molecule has 0 amide bonds. The van der Waals surface area contributed by atoms with Crippen molar-refractivity contribution in [1.82, 2.24) is 0 Å². The molecule has 0 aliphatic heterocycles. The average molecular weight is 236 g/mol. The van der Waals surface area contributed by atoms with E-state index in [0.717, 1.165) is 12.0 Å². The normalized spacial score (nSPS) is 34.3. The van der Waals surface area contributed by atoms with E-state index in [9.17, 15) is 8.42 Å². The van der Waals surface area contributed by atoms with Gasteiger partial charge < -0.3 is 0 Å². The minimum Gasteiger partial charge on any atom is -0.223 e. The predicted octanol–water partition coefficient (Wildman–Crippen LogP) is 2.57. The van der Waals surface area contributed by atoms with Gasteiger partial charge >= 0.3 is 0 Å². The summed E-state index contributed by atoms with van der Waals surface area (Å²) >= 11 is 0. The molecule has 0 aromatic heterocycles. The molecule has 2 aliphatic rings. The van der Waals surface area contributed by atoms with Crippen molar-refractivity contribution in [2.75, 3.05) is 0 Å². The molecular weight excluding hydrogens is 220 g/mol. The Morgan fingerprint density at radius 1 is 1.19 bits per heavy atom. The lowest BCUT2D eigenvalue weighted by Crippen LogP contribution is -2.23. The van der Waals surface area contributed by atoms with Crippen molar-refractivity contribution in [3.05, 3.63) is 29.8 Å². The number of benzene rings is 1. The van der Waals surface area contributed by atoms with E-state index in [1.54, 1.807) is 12.1 Å². The highest BCUT2D eigenvalue weighted by atomic mass is 32.2. The summed E-state index contributed by atoms with van der Waals surface area (Å²) in [5.41, 5.74) is 1.09. The van der Waals surface area contributed by atoms with E-state index in [0.29, 0.717) is 10.8 Å². The van der Waals surface area contributed by atoms with Crippen LogP contribution in [-0.4, -0.2) is 13.2 Å². The number of sulfone groups is 1. The molecule has 0 heterocycles. The zero-order valence-electron chi connectivity index (χ0n) is 9.82. The van der Waals surface area contributed by atoms with Crippen LogP contribution >= 0.6 is 0 Å². The summed E-state index contributed by atoms with van der Waals surface area (Å²) < 4.78 is 24.5. The summed E-state index contributed by atoms with van der Waals surface area (Å²) in [5.74, 6) is 0.395. The molecule has 0 radical (unpaired) electrons. The van der Waals surface area contributed by atoms with E-state index in [1.807, 2.05) is 19.1 Å². The Labute approximate surface area is 96.6 Å². The Morgan fingerprint density at radius 3 is 2.06 bits per heavy atom. The van der Waals surface area contributed by atoms with Crippen LogP contribution in [0.1, 0.15) is 25.8 Å². The zero-order valence-corrected chi connectivity index (χ0v) is 10.6. The Bertz CT molecular complexity index is 554. The minimum atomic E-state index is -3.12. The average Bonchev–Trinajstić information content (AvgIpc) is 3.05. The van der Waals surface area contributed by atoms with Gasteiger partial charge in [-0.05, 0) is 36.8 Å². The van der Waals surface area contributed by atoms with Gasteiger partial charge in [0, 0.05) is 0 Å². The second-order valence-electron chi connectivity index (χ2n) is 5.68. The molecule has 2 atom stereocenters. The van der Waals surface area contributed by atoms with Gasteiger partial charge in [-0.3, -0.25) is 0 Å². The quantitative estimate of drug-likeness (QED) is 0.791. The van der Waals surface area contributed by atoms with Gasteiger partial charge in [-0.25, -0.2) is 8.42 Å². The van der Waals surface area contributed by atoms with Gasteiger partial charge in [0.2, 0.25) is 0 Å². The van der Waals surface area contributed by atoms with E-state index < -0.39 is 14.6 Å². The smallest absolute Gasteiger partial charge is 0.184 e. The first kappa shape index (κ1) is 10.3. The van der Waals surface area contributed by atoms with Gasteiger partial charge in [0.15, 0.2) is 9.84 Å². The third-order valence-corrected chi connectivity index (χ3v) is 7.43. The van der Waals surface area contributed by atoms with Crippen molar-refractivity contribution >= 4 is 9.84 Å². The Morgan fingerprint density at radius 2 is 1.69 bits per heavy atom. The largest absolute Gasteiger partial charge is 0.223 e. The van der Waals surface area contributed by atoms with Crippen LogP contribution in [0, 0.1) is 18.3 Å². The lowest BCUT2D eigenvalue weighted by molar-refractivity contribution is 0.456. The summed E-state index contributed by atoms with van der Waals surface area (Å²) in [5, 5.41) is 0. The second kappa shape index (κ2) is 2.53. The third-order valence-electron chi connectivity index (χ3n) is 4.60. The molecule has 0 bridgehead atoms. The summed E-state index contributed by atoms with van der Waals surface area (Å²) in [7, 11) is -3.12. The molecule has 2 aliphatic carbocycles. The fourth-order valence-electron chi connectivity index (χ4n) is 3.13. The van der Waals surface area contributed by atoms with Crippen LogP contribution in [0.4, 0.5) is 0 Å². The lowest BCUT2D eigenvalue weighted by atomic mass is 10.0. The highest BCUT2D eigenvalue weighted by Gasteiger charge is 2.90. The number of hydrogen-bond acceptors (Lipinski definition) is 2. The highest BCUT2D eigenvalue weighted by Crippen LogP contribution is 2.85. The summed E-state index contributed by atoms with van der Waals surface area (Å²) in [6.07, 6.45) is 0.857.